The number of hydrogen-bond donors (Lipinski definition) is 1. The smallest absolute Gasteiger partial charge is 0.193 e. The van der Waals surface area contributed by atoms with Crippen LogP contribution in [0.25, 0.3) is 0 Å². The van der Waals surface area contributed by atoms with E-state index in [4.69, 9.17) is 9.73 Å². The minimum Gasteiger partial charge on any atom is -0.381 e. The molecular formula is C18H35N3OS. The van der Waals surface area contributed by atoms with Gasteiger partial charge in [-0.25, -0.2) is 0 Å². The highest BCUT2D eigenvalue weighted by molar-refractivity contribution is 8.00. The van der Waals surface area contributed by atoms with E-state index in [2.05, 4.69) is 37.2 Å². The Balaban J connectivity index is 1.97. The van der Waals surface area contributed by atoms with Gasteiger partial charge < -0.3 is 15.0 Å². The van der Waals surface area contributed by atoms with Gasteiger partial charge in [-0.05, 0) is 50.7 Å². The number of nitrogens with one attached hydrogen (secondary N) is 1. The number of thioether (sulfide) groups is 1. The Kier molecular flexibility index (Phi) is 7.54. The maximum Gasteiger partial charge on any atom is 0.193 e. The van der Waals surface area contributed by atoms with Crippen LogP contribution >= 0.6 is 11.8 Å². The van der Waals surface area contributed by atoms with Crippen molar-refractivity contribution in [2.45, 2.75) is 51.2 Å². The van der Waals surface area contributed by atoms with Gasteiger partial charge in [0.1, 0.15) is 0 Å². The average molecular weight is 342 g/mol. The largest absolute Gasteiger partial charge is 0.381 e. The topological polar surface area (TPSA) is 36.9 Å². The summed E-state index contributed by atoms with van der Waals surface area (Å²) in [5.74, 6) is 2.75. The van der Waals surface area contributed by atoms with Gasteiger partial charge in [0.25, 0.3) is 0 Å². The summed E-state index contributed by atoms with van der Waals surface area (Å²) < 4.78 is 5.82. The Morgan fingerprint density at radius 2 is 2.13 bits per heavy atom. The summed E-state index contributed by atoms with van der Waals surface area (Å²) in [6.07, 6.45) is 7.11. The molecule has 2 aliphatic rings. The van der Waals surface area contributed by atoms with E-state index in [1.165, 1.54) is 19.4 Å². The van der Waals surface area contributed by atoms with E-state index >= 15 is 0 Å². The van der Waals surface area contributed by atoms with E-state index in [0.717, 1.165) is 63.5 Å². The van der Waals surface area contributed by atoms with Gasteiger partial charge in [-0.1, -0.05) is 13.8 Å². The van der Waals surface area contributed by atoms with Gasteiger partial charge in [-0.3, -0.25) is 4.99 Å². The van der Waals surface area contributed by atoms with Crippen LogP contribution in [0.3, 0.4) is 0 Å². The zero-order valence-electron chi connectivity index (χ0n) is 15.4. The summed E-state index contributed by atoms with van der Waals surface area (Å²) in [4.78, 5) is 7.51. The predicted octanol–water partition coefficient (Wildman–Crippen LogP) is 3.23. The van der Waals surface area contributed by atoms with Crippen molar-refractivity contribution in [1.29, 1.82) is 0 Å². The fraction of sp³-hybridized carbons (Fsp3) is 0.944. The highest BCUT2D eigenvalue weighted by Crippen LogP contribution is 2.34. The summed E-state index contributed by atoms with van der Waals surface area (Å²) >= 11 is 1.97. The van der Waals surface area contributed by atoms with E-state index in [1.54, 1.807) is 0 Å². The third-order valence-corrected chi connectivity index (χ3v) is 6.48. The number of guanidine groups is 1. The molecule has 1 unspecified atom stereocenters. The minimum atomic E-state index is 0.274. The van der Waals surface area contributed by atoms with Gasteiger partial charge in [0.2, 0.25) is 0 Å². The summed E-state index contributed by atoms with van der Waals surface area (Å²) in [5.41, 5.74) is 0. The average Bonchev–Trinajstić information content (AvgIpc) is 3.00. The van der Waals surface area contributed by atoms with E-state index in [-0.39, 0.29) is 4.75 Å². The molecule has 5 heteroatoms. The molecule has 0 saturated carbocycles. The number of aliphatic imine (C=N–C) groups is 1. The lowest BCUT2D eigenvalue weighted by molar-refractivity contribution is 0.0793. The zero-order valence-corrected chi connectivity index (χ0v) is 16.3. The number of rotatable bonds is 6. The highest BCUT2D eigenvalue weighted by Gasteiger charge is 2.32. The van der Waals surface area contributed by atoms with Gasteiger partial charge in [0, 0.05) is 37.6 Å². The second-order valence-corrected chi connectivity index (χ2v) is 8.67. The summed E-state index contributed by atoms with van der Waals surface area (Å²) in [5, 5.41) is 3.51. The van der Waals surface area contributed by atoms with Crippen LogP contribution < -0.4 is 5.32 Å². The Bertz CT molecular complexity index is 380. The molecule has 0 aromatic rings. The van der Waals surface area contributed by atoms with Crippen LogP contribution in [-0.2, 0) is 4.74 Å². The van der Waals surface area contributed by atoms with Gasteiger partial charge in [-0.2, -0.15) is 11.8 Å². The lowest BCUT2D eigenvalue weighted by Crippen LogP contribution is -2.42. The van der Waals surface area contributed by atoms with Gasteiger partial charge in [0.15, 0.2) is 5.96 Å². The van der Waals surface area contributed by atoms with E-state index < -0.39 is 0 Å². The molecule has 0 aromatic carbocycles. The van der Waals surface area contributed by atoms with E-state index in [9.17, 15) is 0 Å². The second-order valence-electron chi connectivity index (χ2n) is 7.40. The van der Waals surface area contributed by atoms with Crippen LogP contribution in [0.1, 0.15) is 46.5 Å². The van der Waals surface area contributed by atoms with Crippen molar-refractivity contribution in [3.63, 3.8) is 0 Å². The Hall–Kier alpha value is -0.420. The van der Waals surface area contributed by atoms with Crippen LogP contribution in [0, 0.1) is 11.8 Å². The molecular weight excluding hydrogens is 306 g/mol. The fourth-order valence-corrected chi connectivity index (χ4v) is 4.47. The first-order valence-corrected chi connectivity index (χ1v) is 10.5. The van der Waals surface area contributed by atoms with E-state index in [0.29, 0.717) is 0 Å². The maximum atomic E-state index is 5.54. The van der Waals surface area contributed by atoms with Crippen LogP contribution in [0.15, 0.2) is 4.99 Å². The summed E-state index contributed by atoms with van der Waals surface area (Å²) in [7, 11) is 0. The Morgan fingerprint density at radius 3 is 2.74 bits per heavy atom. The van der Waals surface area contributed by atoms with Crippen molar-refractivity contribution in [3.05, 3.63) is 0 Å². The molecule has 1 atom stereocenters. The van der Waals surface area contributed by atoms with Crippen molar-refractivity contribution < 1.29 is 4.74 Å². The van der Waals surface area contributed by atoms with Crippen molar-refractivity contribution in [1.82, 2.24) is 10.2 Å². The molecule has 2 rings (SSSR count). The molecule has 1 N–H and O–H groups in total. The first-order valence-electron chi connectivity index (χ1n) is 9.24. The molecule has 0 radical (unpaired) electrons. The summed E-state index contributed by atoms with van der Waals surface area (Å²) in [6.45, 7) is 12.8. The third kappa shape index (κ3) is 5.56. The van der Waals surface area contributed by atoms with E-state index in [1.807, 2.05) is 11.8 Å². The molecule has 23 heavy (non-hydrogen) atoms. The quantitative estimate of drug-likeness (QED) is 0.594. The molecule has 2 aliphatic heterocycles. The third-order valence-electron chi connectivity index (χ3n) is 5.08. The number of nitrogens with zero attached hydrogens (tertiary/aromatic N) is 2. The minimum absolute atomic E-state index is 0.274. The molecule has 4 nitrogen and oxygen atoms in total. The molecule has 0 aliphatic carbocycles. The highest BCUT2D eigenvalue weighted by atomic mass is 32.2. The Morgan fingerprint density at radius 1 is 1.39 bits per heavy atom. The van der Waals surface area contributed by atoms with Crippen molar-refractivity contribution in [2.75, 3.05) is 45.6 Å². The van der Waals surface area contributed by atoms with Gasteiger partial charge >= 0.3 is 0 Å². The first-order chi connectivity index (χ1) is 11.1. The summed E-state index contributed by atoms with van der Waals surface area (Å²) in [6, 6.07) is 0. The lowest BCUT2D eigenvalue weighted by Gasteiger charge is -2.34. The number of ether oxygens (including phenoxy) is 1. The van der Waals surface area contributed by atoms with Gasteiger partial charge in [0.05, 0.1) is 6.54 Å². The van der Waals surface area contributed by atoms with Crippen LogP contribution in [-0.4, -0.2) is 61.3 Å². The molecule has 2 saturated heterocycles. The van der Waals surface area contributed by atoms with Crippen molar-refractivity contribution in [2.24, 2.45) is 16.8 Å². The number of likely N-dealkylation sites (tertiary alicyclic amines) is 1. The maximum absolute atomic E-state index is 5.54. The fourth-order valence-electron chi connectivity index (χ4n) is 3.70. The second kappa shape index (κ2) is 9.16. The zero-order chi connectivity index (χ0) is 16.7. The lowest BCUT2D eigenvalue weighted by atomic mass is 9.97. The molecule has 0 bridgehead atoms. The van der Waals surface area contributed by atoms with Crippen LogP contribution in [0.4, 0.5) is 0 Å². The van der Waals surface area contributed by atoms with Crippen LogP contribution in [0.2, 0.25) is 0 Å². The van der Waals surface area contributed by atoms with Crippen LogP contribution in [0.5, 0.6) is 0 Å². The standard InChI is InChI=1S/C18H35N3OS/c1-5-19-17(21-9-6-16(13-21)12-15(2)3)20-14-18(23-4)7-10-22-11-8-18/h15-16H,5-14H2,1-4H3,(H,19,20). The number of hydrogen-bond acceptors (Lipinski definition) is 3. The molecule has 2 fully saturated rings. The molecule has 134 valence electrons. The molecule has 0 amide bonds. The van der Waals surface area contributed by atoms with Gasteiger partial charge in [-0.15, -0.1) is 0 Å². The predicted molar refractivity (Wildman–Crippen MR) is 101 cm³/mol. The normalized spacial score (nSPS) is 25.2. The van der Waals surface area contributed by atoms with Crippen molar-refractivity contribution in [3.8, 4) is 0 Å². The molecule has 2 heterocycles. The Labute approximate surface area is 146 Å². The monoisotopic (exact) mass is 341 g/mol. The van der Waals surface area contributed by atoms with Crippen molar-refractivity contribution >= 4 is 17.7 Å². The molecule has 0 spiro atoms. The molecule has 0 aromatic heterocycles. The SMILES string of the molecule is CCNC(=NCC1(SC)CCOCC1)N1CCC(CC(C)C)C1. The first kappa shape index (κ1) is 18.9.